The Bertz CT molecular complexity index is 299. The van der Waals surface area contributed by atoms with E-state index in [1.165, 1.54) is 0 Å². The van der Waals surface area contributed by atoms with Gasteiger partial charge in [-0.2, -0.15) is 10.5 Å². The summed E-state index contributed by atoms with van der Waals surface area (Å²) >= 11 is 0. The molecule has 0 saturated heterocycles. The Morgan fingerprint density at radius 3 is 2.12 bits per heavy atom. The van der Waals surface area contributed by atoms with Crippen LogP contribution < -0.4 is 0 Å². The number of nitrogens with zero attached hydrogens (tertiary/aromatic N) is 2. The van der Waals surface area contributed by atoms with Crippen LogP contribution in [0.1, 0.15) is 26.7 Å². The van der Waals surface area contributed by atoms with Crippen LogP contribution in [0.2, 0.25) is 0 Å². The molecular weight excluding hydrogens is 212 g/mol. The highest BCUT2D eigenvalue weighted by molar-refractivity contribution is 5.72. The van der Waals surface area contributed by atoms with Crippen molar-refractivity contribution in [2.45, 2.75) is 26.7 Å². The maximum Gasteiger partial charge on any atom is 0.320 e. The van der Waals surface area contributed by atoms with Crippen LogP contribution in [0.3, 0.4) is 0 Å². The third kappa shape index (κ3) is 10.0. The minimum Gasteiger partial charge on any atom is -0.480 e. The fourth-order valence-corrected chi connectivity index (χ4v) is 0.598. The predicted molar refractivity (Wildman–Crippen MR) is 53.9 cm³/mol. The molecule has 0 radical (unpaired) electrons. The number of nitriles is 2. The molecule has 6 nitrogen and oxygen atoms in total. The lowest BCUT2D eigenvalue weighted by Crippen LogP contribution is -2.09. The Morgan fingerprint density at radius 1 is 1.38 bits per heavy atom. The molecule has 0 fully saturated rings. The van der Waals surface area contributed by atoms with E-state index in [2.05, 4.69) is 4.74 Å². The van der Waals surface area contributed by atoms with Crippen LogP contribution in [0.5, 0.6) is 0 Å². The zero-order valence-electron chi connectivity index (χ0n) is 9.27. The number of rotatable bonds is 4. The number of carboxylic acids is 1. The summed E-state index contributed by atoms with van der Waals surface area (Å²) in [7, 11) is 0. The van der Waals surface area contributed by atoms with Crippen LogP contribution in [0.4, 0.5) is 0 Å². The van der Waals surface area contributed by atoms with E-state index < -0.39 is 17.9 Å². The third-order valence-corrected chi connectivity index (χ3v) is 1.39. The second kappa shape index (κ2) is 11.0. The van der Waals surface area contributed by atoms with E-state index in [0.717, 1.165) is 0 Å². The molecule has 0 aliphatic rings. The van der Waals surface area contributed by atoms with E-state index >= 15 is 0 Å². The van der Waals surface area contributed by atoms with Crippen LogP contribution in [0, 0.1) is 28.6 Å². The predicted octanol–water partition coefficient (Wildman–Crippen LogP) is 1.08. The fourth-order valence-electron chi connectivity index (χ4n) is 0.598. The van der Waals surface area contributed by atoms with Crippen molar-refractivity contribution in [3.63, 3.8) is 0 Å². The summed E-state index contributed by atoms with van der Waals surface area (Å²) in [4.78, 5) is 20.1. The summed E-state index contributed by atoms with van der Waals surface area (Å²) in [6.07, 6.45) is 0.236. The molecule has 0 heterocycles. The lowest BCUT2D eigenvalue weighted by atomic mass is 10.1. The number of carbonyl (C=O) groups is 2. The number of esters is 1. The van der Waals surface area contributed by atoms with E-state index in [1.54, 1.807) is 26.0 Å². The van der Waals surface area contributed by atoms with Crippen molar-refractivity contribution in [2.75, 3.05) is 6.61 Å². The summed E-state index contributed by atoms with van der Waals surface area (Å²) < 4.78 is 4.42. The highest BCUT2D eigenvalue weighted by atomic mass is 16.5. The Labute approximate surface area is 94.0 Å². The molecule has 1 atom stereocenters. The molecule has 1 N–H and O–H groups in total. The maximum atomic E-state index is 10.2. The Morgan fingerprint density at radius 2 is 1.94 bits per heavy atom. The lowest BCUT2D eigenvalue weighted by molar-refractivity contribution is -0.142. The van der Waals surface area contributed by atoms with Crippen LogP contribution in [0.15, 0.2) is 0 Å². The molecule has 0 aromatic rings. The van der Waals surface area contributed by atoms with Gasteiger partial charge in [0, 0.05) is 0 Å². The number of carbonyl (C=O) groups excluding carboxylic acids is 1. The molecule has 0 spiro atoms. The van der Waals surface area contributed by atoms with Gasteiger partial charge in [0.05, 0.1) is 18.7 Å². The molecule has 0 bridgehead atoms. The molecule has 0 amide bonds. The molecule has 16 heavy (non-hydrogen) atoms. The Kier molecular flexibility index (Phi) is 11.2. The molecule has 0 aliphatic heterocycles. The summed E-state index contributed by atoms with van der Waals surface area (Å²) in [5.41, 5.74) is 0. The van der Waals surface area contributed by atoms with Crippen LogP contribution in [-0.4, -0.2) is 23.7 Å². The number of carboxylic acid groups (broad SMARTS) is 1. The largest absolute Gasteiger partial charge is 0.480 e. The van der Waals surface area contributed by atoms with Gasteiger partial charge in [0.1, 0.15) is 12.3 Å². The first-order chi connectivity index (χ1) is 7.53. The highest BCUT2D eigenvalue weighted by Gasteiger charge is 2.11. The van der Waals surface area contributed by atoms with E-state index in [-0.39, 0.29) is 6.42 Å². The normalized spacial score (nSPS) is 9.75. The number of ether oxygens (including phenoxy) is 1. The molecule has 0 saturated carbocycles. The number of aliphatic carboxylic acids is 1. The van der Waals surface area contributed by atoms with Crippen molar-refractivity contribution in [2.24, 2.45) is 5.92 Å². The monoisotopic (exact) mass is 226 g/mol. The van der Waals surface area contributed by atoms with Crippen molar-refractivity contribution in [3.8, 4) is 12.1 Å². The van der Waals surface area contributed by atoms with E-state index in [4.69, 9.17) is 15.6 Å². The van der Waals surface area contributed by atoms with Crippen molar-refractivity contribution in [1.82, 2.24) is 0 Å². The van der Waals surface area contributed by atoms with Crippen molar-refractivity contribution < 1.29 is 19.4 Å². The van der Waals surface area contributed by atoms with Crippen LogP contribution in [0.25, 0.3) is 0 Å². The van der Waals surface area contributed by atoms with Crippen molar-refractivity contribution in [1.29, 1.82) is 10.5 Å². The van der Waals surface area contributed by atoms with Gasteiger partial charge in [-0.15, -0.1) is 0 Å². The molecule has 0 aromatic carbocycles. The van der Waals surface area contributed by atoms with Gasteiger partial charge < -0.3 is 9.84 Å². The Balaban J connectivity index is 0. The van der Waals surface area contributed by atoms with Gasteiger partial charge in [0.25, 0.3) is 0 Å². The van der Waals surface area contributed by atoms with Gasteiger partial charge >= 0.3 is 11.9 Å². The molecule has 0 rings (SSSR count). The molecule has 1 unspecified atom stereocenters. The van der Waals surface area contributed by atoms with Gasteiger partial charge in [0.2, 0.25) is 0 Å². The van der Waals surface area contributed by atoms with Gasteiger partial charge in [0.15, 0.2) is 0 Å². The second-order valence-corrected chi connectivity index (χ2v) is 2.57. The SMILES string of the molecule is CCC(C#N)C(=O)O.CCOC(=O)CC#N. The van der Waals surface area contributed by atoms with Gasteiger partial charge in [-0.05, 0) is 13.3 Å². The molecule has 6 heteroatoms. The zero-order chi connectivity index (χ0) is 13.0. The minimum atomic E-state index is -1.03. The maximum absolute atomic E-state index is 10.2. The molecule has 88 valence electrons. The van der Waals surface area contributed by atoms with E-state index in [0.29, 0.717) is 13.0 Å². The fraction of sp³-hybridized carbons (Fsp3) is 0.600. The highest BCUT2D eigenvalue weighted by Crippen LogP contribution is 1.98. The first-order valence-electron chi connectivity index (χ1n) is 4.68. The number of hydrogen-bond donors (Lipinski definition) is 1. The summed E-state index contributed by atoms with van der Waals surface area (Å²) in [6, 6.07) is 3.33. The summed E-state index contributed by atoms with van der Waals surface area (Å²) in [5.74, 6) is -2.31. The zero-order valence-corrected chi connectivity index (χ0v) is 9.27. The average molecular weight is 226 g/mol. The first kappa shape index (κ1) is 16.4. The second-order valence-electron chi connectivity index (χ2n) is 2.57. The minimum absolute atomic E-state index is 0.145. The summed E-state index contributed by atoms with van der Waals surface area (Å²) in [6.45, 7) is 3.72. The van der Waals surface area contributed by atoms with Crippen LogP contribution >= 0.6 is 0 Å². The van der Waals surface area contributed by atoms with E-state index in [9.17, 15) is 9.59 Å². The van der Waals surface area contributed by atoms with Crippen molar-refractivity contribution >= 4 is 11.9 Å². The standard InChI is InChI=1S/2C5H7NO2/c1-2-8-5(7)3-4-6;1-2-4(3-6)5(7)8/h2-3H2,1H3;4H,2H2,1H3,(H,7,8). The summed E-state index contributed by atoms with van der Waals surface area (Å²) in [5, 5.41) is 24.1. The van der Waals surface area contributed by atoms with Gasteiger partial charge in [-0.3, -0.25) is 9.59 Å². The molecule has 0 aliphatic carbocycles. The van der Waals surface area contributed by atoms with Gasteiger partial charge in [-0.1, -0.05) is 6.92 Å². The van der Waals surface area contributed by atoms with Gasteiger partial charge in [-0.25, -0.2) is 0 Å². The number of hydrogen-bond acceptors (Lipinski definition) is 5. The van der Waals surface area contributed by atoms with Crippen molar-refractivity contribution in [3.05, 3.63) is 0 Å². The lowest BCUT2D eigenvalue weighted by Gasteiger charge is -1.93. The molecular formula is C10H14N2O4. The van der Waals surface area contributed by atoms with E-state index in [1.807, 2.05) is 0 Å². The third-order valence-electron chi connectivity index (χ3n) is 1.39. The van der Waals surface area contributed by atoms with Crippen LogP contribution in [-0.2, 0) is 14.3 Å². The Hall–Kier alpha value is -2.08. The molecule has 0 aromatic heterocycles. The first-order valence-corrected chi connectivity index (χ1v) is 4.68. The quantitative estimate of drug-likeness (QED) is 0.718. The average Bonchev–Trinajstić information content (AvgIpc) is 2.20. The topological polar surface area (TPSA) is 111 Å². The smallest absolute Gasteiger partial charge is 0.320 e.